The van der Waals surface area contributed by atoms with Gasteiger partial charge in [-0.15, -0.1) is 0 Å². The summed E-state index contributed by atoms with van der Waals surface area (Å²) in [7, 11) is 0. The lowest BCUT2D eigenvalue weighted by molar-refractivity contribution is -0.384. The molecule has 1 heterocycles. The Kier molecular flexibility index (Phi) is 4.64. The van der Waals surface area contributed by atoms with E-state index in [1.54, 1.807) is 0 Å². The number of benzene rings is 1. The second kappa shape index (κ2) is 6.64. The number of hydrogen-bond acceptors (Lipinski definition) is 7. The number of nitrogens with zero attached hydrogens (tertiary/aromatic N) is 3. The number of aromatic carboxylic acids is 1. The van der Waals surface area contributed by atoms with Gasteiger partial charge in [-0.05, 0) is 29.8 Å². The molecular formula is C13H8ClN4O4-. The van der Waals surface area contributed by atoms with Gasteiger partial charge < -0.3 is 9.90 Å². The Labute approximate surface area is 129 Å². The first-order valence-electron chi connectivity index (χ1n) is 5.89. The number of carboxylic acid groups (broad SMARTS) is 1. The number of anilines is 1. The average Bonchev–Trinajstić information content (AvgIpc) is 2.47. The Morgan fingerprint density at radius 3 is 2.55 bits per heavy atom. The van der Waals surface area contributed by atoms with Crippen molar-refractivity contribution in [3.05, 3.63) is 62.8 Å². The molecule has 1 N–H and O–H groups in total. The van der Waals surface area contributed by atoms with E-state index in [2.05, 4.69) is 15.5 Å². The summed E-state index contributed by atoms with van der Waals surface area (Å²) in [6.45, 7) is 0. The summed E-state index contributed by atoms with van der Waals surface area (Å²) in [6.07, 6.45) is 1.35. The fourth-order valence-electron chi connectivity index (χ4n) is 1.54. The number of carbonyl (C=O) groups is 1. The lowest BCUT2D eigenvalue weighted by Gasteiger charge is -2.08. The summed E-state index contributed by atoms with van der Waals surface area (Å²) in [4.78, 5) is 24.7. The molecule has 2 rings (SSSR count). The summed E-state index contributed by atoms with van der Waals surface area (Å²) < 4.78 is 0. The number of halogens is 1. The van der Waals surface area contributed by atoms with E-state index < -0.39 is 10.9 Å². The number of hydrogen-bond donors (Lipinski definition) is 1. The number of hydrazone groups is 1. The zero-order valence-corrected chi connectivity index (χ0v) is 11.6. The SMILES string of the molecule is O=C([O-])c1ccc(Cl)nc1N/N=C\c1ccc([N+](=O)[O-])cc1. The van der Waals surface area contributed by atoms with Gasteiger partial charge in [-0.3, -0.25) is 15.5 Å². The van der Waals surface area contributed by atoms with Crippen molar-refractivity contribution in [3.63, 3.8) is 0 Å². The molecule has 0 saturated carbocycles. The average molecular weight is 320 g/mol. The van der Waals surface area contributed by atoms with Crippen LogP contribution in [-0.4, -0.2) is 22.1 Å². The van der Waals surface area contributed by atoms with Crippen molar-refractivity contribution in [2.24, 2.45) is 5.10 Å². The molecule has 112 valence electrons. The molecule has 0 atom stereocenters. The molecule has 0 fully saturated rings. The van der Waals surface area contributed by atoms with E-state index >= 15 is 0 Å². The van der Waals surface area contributed by atoms with Crippen LogP contribution in [0.1, 0.15) is 15.9 Å². The molecule has 1 aromatic carbocycles. The minimum Gasteiger partial charge on any atom is -0.545 e. The highest BCUT2D eigenvalue weighted by molar-refractivity contribution is 6.29. The van der Waals surface area contributed by atoms with Crippen molar-refractivity contribution in [2.75, 3.05) is 5.43 Å². The number of aromatic nitrogens is 1. The van der Waals surface area contributed by atoms with Gasteiger partial charge in [0.1, 0.15) is 5.15 Å². The molecule has 9 heteroatoms. The van der Waals surface area contributed by atoms with E-state index in [0.717, 1.165) is 0 Å². The first-order valence-corrected chi connectivity index (χ1v) is 6.26. The molecule has 0 unspecified atom stereocenters. The summed E-state index contributed by atoms with van der Waals surface area (Å²) >= 11 is 5.68. The molecule has 0 saturated heterocycles. The van der Waals surface area contributed by atoms with Crippen LogP contribution in [0.3, 0.4) is 0 Å². The van der Waals surface area contributed by atoms with Crippen LogP contribution in [0, 0.1) is 10.1 Å². The fourth-order valence-corrected chi connectivity index (χ4v) is 1.68. The second-order valence-electron chi connectivity index (χ2n) is 4.04. The van der Waals surface area contributed by atoms with Crippen LogP contribution in [0.5, 0.6) is 0 Å². The van der Waals surface area contributed by atoms with Crippen LogP contribution in [0.2, 0.25) is 5.15 Å². The van der Waals surface area contributed by atoms with Crippen molar-refractivity contribution in [2.45, 2.75) is 0 Å². The van der Waals surface area contributed by atoms with Crippen molar-refractivity contribution in [3.8, 4) is 0 Å². The maximum absolute atomic E-state index is 10.9. The van der Waals surface area contributed by atoms with E-state index in [1.807, 2.05) is 0 Å². The molecule has 0 aliphatic carbocycles. The zero-order chi connectivity index (χ0) is 16.1. The zero-order valence-electron chi connectivity index (χ0n) is 10.9. The molecule has 0 radical (unpaired) electrons. The van der Waals surface area contributed by atoms with Crippen LogP contribution in [-0.2, 0) is 0 Å². The second-order valence-corrected chi connectivity index (χ2v) is 4.42. The van der Waals surface area contributed by atoms with E-state index in [1.165, 1.54) is 42.6 Å². The van der Waals surface area contributed by atoms with Gasteiger partial charge in [-0.1, -0.05) is 11.6 Å². The predicted molar refractivity (Wildman–Crippen MR) is 77.9 cm³/mol. The van der Waals surface area contributed by atoms with Crippen molar-refractivity contribution in [1.29, 1.82) is 0 Å². The van der Waals surface area contributed by atoms with E-state index in [0.29, 0.717) is 5.56 Å². The third-order valence-electron chi connectivity index (χ3n) is 2.57. The number of nitro groups is 1. The van der Waals surface area contributed by atoms with Crippen LogP contribution >= 0.6 is 11.6 Å². The van der Waals surface area contributed by atoms with E-state index in [-0.39, 0.29) is 22.2 Å². The number of nitro benzene ring substituents is 1. The van der Waals surface area contributed by atoms with Gasteiger partial charge in [0.25, 0.3) is 5.69 Å². The molecule has 1 aromatic heterocycles. The quantitative estimate of drug-likeness (QED) is 0.385. The number of non-ortho nitro benzene ring substituents is 1. The Morgan fingerprint density at radius 2 is 1.95 bits per heavy atom. The Balaban J connectivity index is 2.14. The lowest BCUT2D eigenvalue weighted by Crippen LogP contribution is -2.23. The van der Waals surface area contributed by atoms with Gasteiger partial charge in [0.2, 0.25) is 0 Å². The largest absolute Gasteiger partial charge is 0.545 e. The van der Waals surface area contributed by atoms with Gasteiger partial charge in [0, 0.05) is 17.7 Å². The lowest BCUT2D eigenvalue weighted by atomic mass is 10.2. The maximum Gasteiger partial charge on any atom is 0.269 e. The van der Waals surface area contributed by atoms with Gasteiger partial charge in [0.15, 0.2) is 5.82 Å². The summed E-state index contributed by atoms with van der Waals surface area (Å²) in [5.74, 6) is -1.48. The third-order valence-corrected chi connectivity index (χ3v) is 2.78. The summed E-state index contributed by atoms with van der Waals surface area (Å²) in [5, 5.41) is 25.3. The topological polar surface area (TPSA) is 121 Å². The number of nitrogens with one attached hydrogen (secondary N) is 1. The van der Waals surface area contributed by atoms with Crippen LogP contribution in [0.15, 0.2) is 41.5 Å². The van der Waals surface area contributed by atoms with Gasteiger partial charge in [-0.2, -0.15) is 5.10 Å². The molecule has 0 bridgehead atoms. The third kappa shape index (κ3) is 3.76. The van der Waals surface area contributed by atoms with Gasteiger partial charge >= 0.3 is 0 Å². The van der Waals surface area contributed by atoms with Crippen molar-refractivity contribution >= 4 is 35.3 Å². The smallest absolute Gasteiger partial charge is 0.269 e. The molecule has 0 aliphatic rings. The molecule has 0 spiro atoms. The number of carboxylic acids is 1. The Morgan fingerprint density at radius 1 is 1.27 bits per heavy atom. The van der Waals surface area contributed by atoms with Crippen LogP contribution < -0.4 is 10.5 Å². The Bertz CT molecular complexity index is 746. The van der Waals surface area contributed by atoms with E-state index in [9.17, 15) is 20.0 Å². The fraction of sp³-hybridized carbons (Fsp3) is 0. The Hall–Kier alpha value is -3.00. The number of carbonyl (C=O) groups excluding carboxylic acids is 1. The first kappa shape index (κ1) is 15.4. The molecular weight excluding hydrogens is 312 g/mol. The monoisotopic (exact) mass is 319 g/mol. The molecule has 22 heavy (non-hydrogen) atoms. The van der Waals surface area contributed by atoms with Crippen LogP contribution in [0.4, 0.5) is 11.5 Å². The number of rotatable bonds is 5. The van der Waals surface area contributed by atoms with E-state index in [4.69, 9.17) is 11.6 Å². The van der Waals surface area contributed by atoms with Crippen molar-refractivity contribution < 1.29 is 14.8 Å². The molecule has 0 amide bonds. The minimum absolute atomic E-state index is 0.0409. The van der Waals surface area contributed by atoms with Gasteiger partial charge in [0.05, 0.1) is 17.1 Å². The summed E-state index contributed by atoms with van der Waals surface area (Å²) in [6, 6.07) is 8.20. The molecule has 0 aliphatic heterocycles. The number of pyridine rings is 1. The van der Waals surface area contributed by atoms with Gasteiger partial charge in [-0.25, -0.2) is 4.98 Å². The highest BCUT2D eigenvalue weighted by atomic mass is 35.5. The first-order chi connectivity index (χ1) is 10.5. The highest BCUT2D eigenvalue weighted by Gasteiger charge is 2.05. The normalized spacial score (nSPS) is 10.6. The summed E-state index contributed by atoms with van der Waals surface area (Å²) in [5.41, 5.74) is 2.79. The standard InChI is InChI=1S/C13H9ClN4O4/c14-11-6-5-10(13(19)20)12(16-11)17-15-7-8-1-3-9(4-2-8)18(21)22/h1-7H,(H,16,17)(H,19,20)/p-1/b15-7-. The highest BCUT2D eigenvalue weighted by Crippen LogP contribution is 2.16. The van der Waals surface area contributed by atoms with Crippen LogP contribution in [0.25, 0.3) is 0 Å². The van der Waals surface area contributed by atoms with Crippen molar-refractivity contribution in [1.82, 2.24) is 4.98 Å². The maximum atomic E-state index is 10.9. The molecule has 2 aromatic rings. The predicted octanol–water partition coefficient (Wildman–Crippen LogP) is 1.45. The molecule has 8 nitrogen and oxygen atoms in total. The minimum atomic E-state index is -1.42.